The van der Waals surface area contributed by atoms with Crippen molar-refractivity contribution in [1.29, 1.82) is 0 Å². The number of rotatable bonds is 3. The van der Waals surface area contributed by atoms with Crippen molar-refractivity contribution in [3.63, 3.8) is 0 Å². The van der Waals surface area contributed by atoms with Crippen molar-refractivity contribution >= 4 is 64.6 Å². The van der Waals surface area contributed by atoms with E-state index in [9.17, 15) is 0 Å². The topological polar surface area (TPSA) is 0 Å². The quantitative estimate of drug-likeness (QED) is 0.176. The summed E-state index contributed by atoms with van der Waals surface area (Å²) in [5.41, 5.74) is 7.54. The van der Waals surface area contributed by atoms with Crippen LogP contribution in [0.1, 0.15) is 0 Å². The van der Waals surface area contributed by atoms with Crippen LogP contribution in [0, 0.1) is 0 Å². The van der Waals surface area contributed by atoms with Crippen molar-refractivity contribution in [1.82, 2.24) is 0 Å². The predicted octanol–water partition coefficient (Wildman–Crippen LogP) is 13.6. The lowest BCUT2D eigenvalue weighted by Crippen LogP contribution is -1.87. The molecule has 0 heterocycles. The summed E-state index contributed by atoms with van der Waals surface area (Å²) in [5, 5.41) is 15.3. The van der Waals surface area contributed by atoms with Crippen molar-refractivity contribution in [3.05, 3.63) is 182 Å². The summed E-state index contributed by atoms with van der Waals surface area (Å²) in [5.74, 6) is 0. The van der Waals surface area contributed by atoms with Crippen molar-refractivity contribution in [2.45, 2.75) is 0 Å². The van der Waals surface area contributed by atoms with Crippen LogP contribution in [0.15, 0.2) is 182 Å². The highest BCUT2D eigenvalue weighted by molar-refractivity contribution is 6.17. The molecule has 0 radical (unpaired) electrons. The molecule has 0 aliphatic carbocycles. The fraction of sp³-hybridized carbons (Fsp3) is 0. The van der Waals surface area contributed by atoms with Gasteiger partial charge in [-0.3, -0.25) is 0 Å². The van der Waals surface area contributed by atoms with Crippen LogP contribution in [-0.4, -0.2) is 0 Å². The summed E-state index contributed by atoms with van der Waals surface area (Å²) in [6.07, 6.45) is 0. The van der Waals surface area contributed by atoms with Gasteiger partial charge in [-0.25, -0.2) is 0 Å². The zero-order valence-electron chi connectivity index (χ0n) is 26.3. The first kappa shape index (κ1) is 26.9. The fourth-order valence-electron chi connectivity index (χ4n) is 7.86. The third-order valence-corrected chi connectivity index (χ3v) is 10.2. The largest absolute Gasteiger partial charge is 0.0616 e. The van der Waals surface area contributed by atoms with Gasteiger partial charge in [0.25, 0.3) is 0 Å². The molecular formula is C48H30. The molecule has 0 saturated heterocycles. The molecule has 0 aromatic heterocycles. The van der Waals surface area contributed by atoms with Crippen molar-refractivity contribution < 1.29 is 0 Å². The Kier molecular flexibility index (Phi) is 5.98. The van der Waals surface area contributed by atoms with Gasteiger partial charge in [0.15, 0.2) is 0 Å². The molecule has 0 spiro atoms. The Hall–Kier alpha value is -6.24. The van der Waals surface area contributed by atoms with Gasteiger partial charge in [0, 0.05) is 0 Å². The van der Waals surface area contributed by atoms with Gasteiger partial charge in [0.1, 0.15) is 0 Å². The molecule has 0 nitrogen and oxygen atoms in total. The minimum absolute atomic E-state index is 1.23. The maximum absolute atomic E-state index is 2.36. The van der Waals surface area contributed by atoms with Gasteiger partial charge in [-0.15, -0.1) is 0 Å². The lowest BCUT2D eigenvalue weighted by Gasteiger charge is -2.14. The Morgan fingerprint density at radius 1 is 0.188 bits per heavy atom. The number of hydrogen-bond acceptors (Lipinski definition) is 0. The highest BCUT2D eigenvalue weighted by atomic mass is 14.2. The summed E-state index contributed by atoms with van der Waals surface area (Å²) < 4.78 is 0. The van der Waals surface area contributed by atoms with E-state index in [0.29, 0.717) is 0 Å². The normalized spacial score (nSPS) is 11.8. The van der Waals surface area contributed by atoms with Crippen LogP contribution in [-0.2, 0) is 0 Å². The van der Waals surface area contributed by atoms with Crippen LogP contribution < -0.4 is 0 Å². The maximum atomic E-state index is 2.36. The number of fused-ring (bicyclic) bond motifs is 8. The van der Waals surface area contributed by atoms with Gasteiger partial charge >= 0.3 is 0 Å². The van der Waals surface area contributed by atoms with Crippen LogP contribution in [0.25, 0.3) is 98.0 Å². The Bertz CT molecular complexity index is 2890. The third kappa shape index (κ3) is 4.24. The molecule has 0 bridgehead atoms. The first-order valence-electron chi connectivity index (χ1n) is 16.7. The Morgan fingerprint density at radius 3 is 1.29 bits per heavy atom. The van der Waals surface area contributed by atoms with E-state index in [1.165, 1.54) is 98.0 Å². The average Bonchev–Trinajstić information content (AvgIpc) is 3.16. The van der Waals surface area contributed by atoms with Gasteiger partial charge in [-0.2, -0.15) is 0 Å². The third-order valence-electron chi connectivity index (χ3n) is 10.2. The lowest BCUT2D eigenvalue weighted by molar-refractivity contribution is 1.66. The molecule has 0 heteroatoms. The maximum Gasteiger partial charge on any atom is -0.00928 e. The van der Waals surface area contributed by atoms with E-state index in [1.54, 1.807) is 0 Å². The van der Waals surface area contributed by atoms with Gasteiger partial charge < -0.3 is 0 Å². The zero-order valence-corrected chi connectivity index (χ0v) is 26.3. The first-order valence-corrected chi connectivity index (χ1v) is 16.7. The molecule has 0 amide bonds. The lowest BCUT2D eigenvalue weighted by atomic mass is 9.89. The Balaban J connectivity index is 1.06. The van der Waals surface area contributed by atoms with E-state index in [4.69, 9.17) is 0 Å². The molecule has 0 N–H and O–H groups in total. The van der Waals surface area contributed by atoms with Gasteiger partial charge in [0.05, 0.1) is 0 Å². The molecule has 10 aromatic rings. The first-order chi connectivity index (χ1) is 23.8. The molecule has 222 valence electrons. The van der Waals surface area contributed by atoms with Crippen molar-refractivity contribution in [2.24, 2.45) is 0 Å². The fourth-order valence-corrected chi connectivity index (χ4v) is 7.86. The minimum atomic E-state index is 1.23. The Labute approximate surface area is 279 Å². The highest BCUT2D eigenvalue weighted by Crippen LogP contribution is 2.40. The molecule has 0 unspecified atom stereocenters. The standard InChI is InChI=1S/C48H30/c1-3-13-39-36(10-1)29-47(45-17-7-5-15-42(39)45)38-23-22-32-26-31(20-21-33(32)28-38)34-24-25-41-35(27-34)12-9-19-44(41)48-30-37-11-2-4-14-40(37)43-16-6-8-18-46(43)48/h1-30H. The second-order valence-electron chi connectivity index (χ2n) is 12.9. The summed E-state index contributed by atoms with van der Waals surface area (Å²) in [6, 6.07) is 67.1. The van der Waals surface area contributed by atoms with E-state index >= 15 is 0 Å². The predicted molar refractivity (Wildman–Crippen MR) is 208 cm³/mol. The highest BCUT2D eigenvalue weighted by Gasteiger charge is 2.13. The Morgan fingerprint density at radius 2 is 0.625 bits per heavy atom. The molecule has 10 rings (SSSR count). The molecule has 0 fully saturated rings. The van der Waals surface area contributed by atoms with Crippen LogP contribution in [0.2, 0.25) is 0 Å². The SMILES string of the molecule is c1cc(-c2cc3ccccc3c3ccccc23)c2ccc(-c3ccc4cc(-c5cc6ccccc6c6ccccc56)ccc4c3)cc2c1. The molecule has 0 saturated carbocycles. The molecule has 0 aliphatic heterocycles. The molecule has 48 heavy (non-hydrogen) atoms. The van der Waals surface area contributed by atoms with Crippen LogP contribution in [0.5, 0.6) is 0 Å². The van der Waals surface area contributed by atoms with E-state index in [2.05, 4.69) is 182 Å². The van der Waals surface area contributed by atoms with E-state index < -0.39 is 0 Å². The zero-order chi connectivity index (χ0) is 31.6. The summed E-state index contributed by atoms with van der Waals surface area (Å²) in [7, 11) is 0. The van der Waals surface area contributed by atoms with E-state index in [-0.39, 0.29) is 0 Å². The van der Waals surface area contributed by atoms with E-state index in [1.807, 2.05) is 0 Å². The van der Waals surface area contributed by atoms with Crippen LogP contribution in [0.3, 0.4) is 0 Å². The molecular weight excluding hydrogens is 577 g/mol. The van der Waals surface area contributed by atoms with Gasteiger partial charge in [0.2, 0.25) is 0 Å². The monoisotopic (exact) mass is 606 g/mol. The molecule has 10 aromatic carbocycles. The summed E-state index contributed by atoms with van der Waals surface area (Å²) in [6.45, 7) is 0. The summed E-state index contributed by atoms with van der Waals surface area (Å²) in [4.78, 5) is 0. The molecule has 0 aliphatic rings. The molecule has 0 atom stereocenters. The van der Waals surface area contributed by atoms with Crippen LogP contribution in [0.4, 0.5) is 0 Å². The minimum Gasteiger partial charge on any atom is -0.0616 e. The number of hydrogen-bond donors (Lipinski definition) is 0. The second-order valence-corrected chi connectivity index (χ2v) is 12.9. The van der Waals surface area contributed by atoms with Crippen LogP contribution >= 0.6 is 0 Å². The van der Waals surface area contributed by atoms with Crippen molar-refractivity contribution in [2.75, 3.05) is 0 Å². The van der Waals surface area contributed by atoms with Gasteiger partial charge in [-0.1, -0.05) is 152 Å². The second kappa shape index (κ2) is 10.7. The smallest absolute Gasteiger partial charge is 0.00928 e. The average molecular weight is 607 g/mol. The van der Waals surface area contributed by atoms with Gasteiger partial charge in [-0.05, 0) is 128 Å². The number of benzene rings is 10. The van der Waals surface area contributed by atoms with Crippen molar-refractivity contribution in [3.8, 4) is 33.4 Å². The summed E-state index contributed by atoms with van der Waals surface area (Å²) >= 11 is 0. The van der Waals surface area contributed by atoms with E-state index in [0.717, 1.165) is 0 Å².